The van der Waals surface area contributed by atoms with E-state index in [1.54, 1.807) is 0 Å². The third-order valence-corrected chi connectivity index (χ3v) is 4.41. The number of benzene rings is 1. The van der Waals surface area contributed by atoms with Crippen molar-refractivity contribution in [3.8, 4) is 0 Å². The van der Waals surface area contributed by atoms with Gasteiger partial charge in [0.2, 0.25) is 0 Å². The summed E-state index contributed by atoms with van der Waals surface area (Å²) in [6.07, 6.45) is 4.72. The van der Waals surface area contributed by atoms with Crippen LogP contribution < -0.4 is 5.73 Å². The van der Waals surface area contributed by atoms with Crippen LogP contribution in [0.5, 0.6) is 0 Å². The molecule has 2 nitrogen and oxygen atoms in total. The van der Waals surface area contributed by atoms with E-state index in [0.29, 0.717) is 0 Å². The molecule has 18 heavy (non-hydrogen) atoms. The third kappa shape index (κ3) is 2.76. The summed E-state index contributed by atoms with van der Waals surface area (Å²) < 4.78 is 0. The molecule has 0 bridgehead atoms. The van der Waals surface area contributed by atoms with E-state index < -0.39 is 0 Å². The minimum atomic E-state index is 0.177. The SMILES string of the molecule is CCCC(C)(CN)N1CCc2ccccc2CC1. The van der Waals surface area contributed by atoms with Gasteiger partial charge in [-0.05, 0) is 37.3 Å². The molecule has 0 saturated heterocycles. The van der Waals surface area contributed by atoms with Crippen LogP contribution in [-0.2, 0) is 12.8 Å². The molecule has 0 spiro atoms. The zero-order valence-electron chi connectivity index (χ0n) is 11.8. The van der Waals surface area contributed by atoms with Crippen molar-refractivity contribution in [2.45, 2.75) is 45.1 Å². The molecule has 1 atom stereocenters. The van der Waals surface area contributed by atoms with Gasteiger partial charge in [0.1, 0.15) is 0 Å². The van der Waals surface area contributed by atoms with Crippen LogP contribution in [-0.4, -0.2) is 30.1 Å². The Morgan fingerprint density at radius 2 is 1.72 bits per heavy atom. The first-order chi connectivity index (χ1) is 8.69. The van der Waals surface area contributed by atoms with Gasteiger partial charge in [0, 0.05) is 25.2 Å². The lowest BCUT2D eigenvalue weighted by molar-refractivity contribution is 0.106. The lowest BCUT2D eigenvalue weighted by atomic mass is 9.93. The van der Waals surface area contributed by atoms with Gasteiger partial charge in [0.05, 0.1) is 0 Å². The number of nitrogens with two attached hydrogens (primary N) is 1. The Labute approximate surface area is 111 Å². The van der Waals surface area contributed by atoms with Crippen LogP contribution in [0.1, 0.15) is 37.8 Å². The standard InChI is InChI=1S/C16H26N2/c1-3-10-16(2,13-17)18-11-8-14-6-4-5-7-15(14)9-12-18/h4-7H,3,8-13,17H2,1-2H3. The van der Waals surface area contributed by atoms with Crippen LogP contribution >= 0.6 is 0 Å². The van der Waals surface area contributed by atoms with Gasteiger partial charge in [-0.2, -0.15) is 0 Å². The van der Waals surface area contributed by atoms with Gasteiger partial charge in [0.25, 0.3) is 0 Å². The molecule has 1 aliphatic rings. The molecule has 1 unspecified atom stereocenters. The van der Waals surface area contributed by atoms with Crippen LogP contribution in [0, 0.1) is 0 Å². The summed E-state index contributed by atoms with van der Waals surface area (Å²) in [5, 5.41) is 0. The van der Waals surface area contributed by atoms with Gasteiger partial charge < -0.3 is 5.73 Å². The molecule has 0 aromatic heterocycles. The van der Waals surface area contributed by atoms with E-state index in [1.807, 2.05) is 0 Å². The monoisotopic (exact) mass is 246 g/mol. The smallest absolute Gasteiger partial charge is 0.0303 e. The van der Waals surface area contributed by atoms with E-state index in [-0.39, 0.29) is 5.54 Å². The maximum atomic E-state index is 6.04. The van der Waals surface area contributed by atoms with E-state index in [0.717, 1.165) is 32.5 Å². The van der Waals surface area contributed by atoms with Crippen LogP contribution in [0.25, 0.3) is 0 Å². The fourth-order valence-electron chi connectivity index (χ4n) is 3.14. The molecule has 0 fully saturated rings. The molecule has 0 amide bonds. The summed E-state index contributed by atoms with van der Waals surface area (Å²) in [6.45, 7) is 7.62. The number of hydrogen-bond acceptors (Lipinski definition) is 2. The molecule has 0 saturated carbocycles. The normalized spacial score (nSPS) is 19.9. The van der Waals surface area contributed by atoms with Crippen LogP contribution in [0.4, 0.5) is 0 Å². The molecule has 0 aliphatic carbocycles. The highest BCUT2D eigenvalue weighted by Crippen LogP contribution is 2.24. The zero-order valence-corrected chi connectivity index (χ0v) is 11.8. The Morgan fingerprint density at radius 1 is 1.17 bits per heavy atom. The molecular weight excluding hydrogens is 220 g/mol. The van der Waals surface area contributed by atoms with E-state index in [1.165, 1.54) is 24.0 Å². The highest BCUT2D eigenvalue weighted by Gasteiger charge is 2.30. The highest BCUT2D eigenvalue weighted by atomic mass is 15.2. The van der Waals surface area contributed by atoms with Crippen molar-refractivity contribution >= 4 is 0 Å². The molecule has 1 aromatic carbocycles. The summed E-state index contributed by atoms with van der Waals surface area (Å²) >= 11 is 0. The molecule has 2 heteroatoms. The minimum Gasteiger partial charge on any atom is -0.329 e. The predicted octanol–water partition coefficient (Wildman–Crippen LogP) is 2.60. The summed E-state index contributed by atoms with van der Waals surface area (Å²) in [5.74, 6) is 0. The maximum Gasteiger partial charge on any atom is 0.0303 e. The first-order valence-corrected chi connectivity index (χ1v) is 7.21. The second-order valence-electron chi connectivity index (χ2n) is 5.71. The first kappa shape index (κ1) is 13.6. The molecule has 1 heterocycles. The summed E-state index contributed by atoms with van der Waals surface area (Å²) in [4.78, 5) is 2.61. The van der Waals surface area contributed by atoms with E-state index in [9.17, 15) is 0 Å². The van der Waals surface area contributed by atoms with E-state index in [4.69, 9.17) is 5.73 Å². The topological polar surface area (TPSA) is 29.3 Å². The summed E-state index contributed by atoms with van der Waals surface area (Å²) in [5.41, 5.74) is 9.26. The minimum absolute atomic E-state index is 0.177. The van der Waals surface area contributed by atoms with Crippen molar-refractivity contribution in [1.29, 1.82) is 0 Å². The number of rotatable bonds is 4. The number of hydrogen-bond donors (Lipinski definition) is 1. The van der Waals surface area contributed by atoms with Gasteiger partial charge in [-0.3, -0.25) is 4.90 Å². The van der Waals surface area contributed by atoms with Crippen LogP contribution in [0.15, 0.2) is 24.3 Å². The van der Waals surface area contributed by atoms with Gasteiger partial charge >= 0.3 is 0 Å². The van der Waals surface area contributed by atoms with Crippen molar-refractivity contribution in [3.05, 3.63) is 35.4 Å². The largest absolute Gasteiger partial charge is 0.329 e. The zero-order chi connectivity index (χ0) is 13.0. The average molecular weight is 246 g/mol. The Balaban J connectivity index is 2.11. The van der Waals surface area contributed by atoms with Crippen LogP contribution in [0.2, 0.25) is 0 Å². The molecule has 2 N–H and O–H groups in total. The second-order valence-corrected chi connectivity index (χ2v) is 5.71. The van der Waals surface area contributed by atoms with Gasteiger partial charge in [0.15, 0.2) is 0 Å². The fourth-order valence-corrected chi connectivity index (χ4v) is 3.14. The third-order valence-electron chi connectivity index (χ3n) is 4.41. The quantitative estimate of drug-likeness (QED) is 0.885. The Bertz CT molecular complexity index is 361. The Kier molecular flexibility index (Phi) is 4.41. The van der Waals surface area contributed by atoms with Crippen molar-refractivity contribution in [1.82, 2.24) is 4.90 Å². The van der Waals surface area contributed by atoms with Crippen molar-refractivity contribution < 1.29 is 0 Å². The molecule has 1 aliphatic heterocycles. The van der Waals surface area contributed by atoms with Gasteiger partial charge in [-0.1, -0.05) is 37.6 Å². The second kappa shape index (κ2) is 5.85. The first-order valence-electron chi connectivity index (χ1n) is 7.21. The lowest BCUT2D eigenvalue weighted by Crippen LogP contribution is -2.52. The highest BCUT2D eigenvalue weighted by molar-refractivity contribution is 5.28. The van der Waals surface area contributed by atoms with Crippen molar-refractivity contribution in [2.24, 2.45) is 5.73 Å². The molecular formula is C16H26N2. The summed E-state index contributed by atoms with van der Waals surface area (Å²) in [7, 11) is 0. The number of fused-ring (bicyclic) bond motifs is 1. The average Bonchev–Trinajstić information content (AvgIpc) is 2.61. The van der Waals surface area contributed by atoms with Crippen molar-refractivity contribution in [2.75, 3.05) is 19.6 Å². The maximum absolute atomic E-state index is 6.04. The van der Waals surface area contributed by atoms with Gasteiger partial charge in [-0.25, -0.2) is 0 Å². The fraction of sp³-hybridized carbons (Fsp3) is 0.625. The summed E-state index contributed by atoms with van der Waals surface area (Å²) in [6, 6.07) is 8.86. The Hall–Kier alpha value is -0.860. The van der Waals surface area contributed by atoms with Crippen LogP contribution in [0.3, 0.4) is 0 Å². The molecule has 0 radical (unpaired) electrons. The van der Waals surface area contributed by atoms with E-state index in [2.05, 4.69) is 43.0 Å². The predicted molar refractivity (Wildman–Crippen MR) is 77.8 cm³/mol. The molecule has 1 aromatic rings. The number of nitrogens with zero attached hydrogens (tertiary/aromatic N) is 1. The van der Waals surface area contributed by atoms with Crippen molar-refractivity contribution in [3.63, 3.8) is 0 Å². The Morgan fingerprint density at radius 3 is 2.17 bits per heavy atom. The molecule has 2 rings (SSSR count). The molecule has 100 valence electrons. The van der Waals surface area contributed by atoms with Gasteiger partial charge in [-0.15, -0.1) is 0 Å². The lowest BCUT2D eigenvalue weighted by Gasteiger charge is -2.40. The van der Waals surface area contributed by atoms with E-state index >= 15 is 0 Å².